The molecule has 0 atom stereocenters. The Morgan fingerprint density at radius 1 is 0.419 bits per heavy atom. The highest BCUT2D eigenvalue weighted by Crippen LogP contribution is 2.58. The molecule has 4 aromatic carbocycles. The van der Waals surface area contributed by atoms with E-state index in [0.29, 0.717) is 0 Å². The predicted molar refractivity (Wildman–Crippen MR) is 127 cm³/mol. The number of hydrogen-bond acceptors (Lipinski definition) is 0. The molecule has 0 saturated heterocycles. The molecule has 0 spiro atoms. The van der Waals surface area contributed by atoms with Crippen LogP contribution in [0.3, 0.4) is 0 Å². The summed E-state index contributed by atoms with van der Waals surface area (Å²) in [4.78, 5) is 7.10. The molecular weight excluding hydrogens is 376 g/mol. The van der Waals surface area contributed by atoms with Crippen LogP contribution in [-0.2, 0) is 5.41 Å². The zero-order valence-corrected chi connectivity index (χ0v) is 16.9. The number of rotatable bonds is 2. The fourth-order valence-corrected chi connectivity index (χ4v) is 5.72. The van der Waals surface area contributed by atoms with E-state index in [-0.39, 0.29) is 0 Å². The van der Waals surface area contributed by atoms with Crippen molar-refractivity contribution in [3.05, 3.63) is 132 Å². The fraction of sp³-hybridized carbons (Fsp3) is 0.0345. The Kier molecular flexibility index (Phi) is 3.23. The van der Waals surface area contributed by atoms with Gasteiger partial charge in [0.1, 0.15) is 0 Å². The van der Waals surface area contributed by atoms with Gasteiger partial charge in [0.2, 0.25) is 0 Å². The number of aromatic amines is 2. The lowest BCUT2D eigenvalue weighted by Crippen LogP contribution is -2.28. The topological polar surface area (TPSA) is 31.6 Å². The second-order valence-corrected chi connectivity index (χ2v) is 8.34. The minimum atomic E-state index is -0.396. The van der Waals surface area contributed by atoms with Gasteiger partial charge in [0.25, 0.3) is 0 Å². The van der Waals surface area contributed by atoms with Crippen molar-refractivity contribution in [2.45, 2.75) is 5.41 Å². The Bertz CT molecular complexity index is 1480. The average molecular weight is 396 g/mol. The third-order valence-corrected chi connectivity index (χ3v) is 6.94. The van der Waals surface area contributed by atoms with Gasteiger partial charge in [-0.3, -0.25) is 0 Å². The lowest BCUT2D eigenvalue weighted by molar-refractivity contribution is 0.783. The molecule has 0 fully saturated rings. The Morgan fingerprint density at radius 2 is 0.839 bits per heavy atom. The molecule has 31 heavy (non-hydrogen) atoms. The first-order chi connectivity index (χ1) is 15.4. The summed E-state index contributed by atoms with van der Waals surface area (Å²) in [6, 6.07) is 35.0. The molecule has 2 N–H and O–H groups in total. The van der Waals surface area contributed by atoms with Gasteiger partial charge in [-0.2, -0.15) is 0 Å². The van der Waals surface area contributed by atoms with Gasteiger partial charge >= 0.3 is 0 Å². The summed E-state index contributed by atoms with van der Waals surface area (Å²) in [6.45, 7) is 0. The van der Waals surface area contributed by atoms with Gasteiger partial charge in [0.15, 0.2) is 0 Å². The van der Waals surface area contributed by atoms with Crippen LogP contribution in [0.4, 0.5) is 0 Å². The number of para-hydroxylation sites is 2. The van der Waals surface area contributed by atoms with Crippen LogP contribution < -0.4 is 0 Å². The zero-order chi connectivity index (χ0) is 20.4. The second kappa shape index (κ2) is 5.99. The molecule has 1 aliphatic carbocycles. The predicted octanol–water partition coefficient (Wildman–Crippen LogP) is 7.01. The summed E-state index contributed by atoms with van der Waals surface area (Å²) in [5.41, 5.74) is 9.83. The highest BCUT2D eigenvalue weighted by atomic mass is 14.7. The van der Waals surface area contributed by atoms with E-state index in [2.05, 4.69) is 119 Å². The molecule has 0 unspecified atom stereocenters. The van der Waals surface area contributed by atoms with E-state index in [9.17, 15) is 0 Å². The third-order valence-electron chi connectivity index (χ3n) is 6.94. The molecule has 0 aliphatic heterocycles. The van der Waals surface area contributed by atoms with Gasteiger partial charge < -0.3 is 9.97 Å². The van der Waals surface area contributed by atoms with Crippen LogP contribution in [0.2, 0.25) is 0 Å². The molecule has 146 valence electrons. The summed E-state index contributed by atoms with van der Waals surface area (Å²) in [7, 11) is 0. The summed E-state index contributed by atoms with van der Waals surface area (Å²) >= 11 is 0. The van der Waals surface area contributed by atoms with Crippen LogP contribution in [0.1, 0.15) is 22.3 Å². The van der Waals surface area contributed by atoms with Crippen LogP contribution in [0.25, 0.3) is 32.9 Å². The average Bonchev–Trinajstić information content (AvgIpc) is 3.52. The highest BCUT2D eigenvalue weighted by molar-refractivity contribution is 5.97. The Labute approximate surface area is 180 Å². The number of nitrogens with one attached hydrogen (secondary N) is 2. The fourth-order valence-electron chi connectivity index (χ4n) is 5.72. The van der Waals surface area contributed by atoms with Crippen molar-refractivity contribution in [2.75, 3.05) is 0 Å². The number of benzene rings is 4. The van der Waals surface area contributed by atoms with E-state index < -0.39 is 5.41 Å². The van der Waals surface area contributed by atoms with E-state index in [0.717, 1.165) is 0 Å². The van der Waals surface area contributed by atoms with E-state index in [4.69, 9.17) is 0 Å². The summed E-state index contributed by atoms with van der Waals surface area (Å²) in [6.07, 6.45) is 4.43. The Morgan fingerprint density at radius 3 is 1.35 bits per heavy atom. The summed E-state index contributed by atoms with van der Waals surface area (Å²) in [5, 5.41) is 2.53. The molecule has 2 heterocycles. The van der Waals surface area contributed by atoms with Crippen molar-refractivity contribution in [1.82, 2.24) is 9.97 Å². The molecular formula is C29H20N2. The molecule has 6 aromatic rings. The molecule has 7 rings (SSSR count). The van der Waals surface area contributed by atoms with Crippen molar-refractivity contribution in [2.24, 2.45) is 0 Å². The van der Waals surface area contributed by atoms with E-state index in [1.807, 2.05) is 0 Å². The number of H-pyrrole nitrogens is 2. The maximum Gasteiger partial charge on any atom is 0.0755 e. The van der Waals surface area contributed by atoms with Crippen LogP contribution in [0.5, 0.6) is 0 Å². The zero-order valence-electron chi connectivity index (χ0n) is 16.9. The van der Waals surface area contributed by atoms with Crippen LogP contribution >= 0.6 is 0 Å². The van der Waals surface area contributed by atoms with Crippen molar-refractivity contribution >= 4 is 21.8 Å². The number of fused-ring (bicyclic) bond motifs is 5. The first-order valence-electron chi connectivity index (χ1n) is 10.7. The maximum atomic E-state index is 3.55. The van der Waals surface area contributed by atoms with Crippen LogP contribution in [0, 0.1) is 0 Å². The molecule has 0 bridgehead atoms. The standard InChI is InChI=1S/C29H20N2/c1-5-13-23-19(9-1)20-10-2-6-14-24(20)29(23,25-17-30-27-15-7-3-11-21(25)27)26-18-31-28-16-8-4-12-22(26)28/h1-18,30-31H. The quantitative estimate of drug-likeness (QED) is 0.315. The lowest BCUT2D eigenvalue weighted by atomic mass is 9.67. The highest BCUT2D eigenvalue weighted by Gasteiger charge is 2.48. The third kappa shape index (κ3) is 2.02. The first kappa shape index (κ1) is 16.7. The Balaban J connectivity index is 1.73. The van der Waals surface area contributed by atoms with E-state index in [1.54, 1.807) is 0 Å². The van der Waals surface area contributed by atoms with E-state index >= 15 is 0 Å². The Hall–Kier alpha value is -4.04. The molecule has 0 saturated carbocycles. The van der Waals surface area contributed by atoms with Gasteiger partial charge in [0, 0.05) is 34.2 Å². The first-order valence-corrected chi connectivity index (χ1v) is 10.7. The molecule has 2 nitrogen and oxygen atoms in total. The molecule has 0 amide bonds. The maximum absolute atomic E-state index is 3.55. The summed E-state index contributed by atoms with van der Waals surface area (Å²) < 4.78 is 0. The monoisotopic (exact) mass is 396 g/mol. The van der Waals surface area contributed by atoms with Crippen molar-refractivity contribution in [3.8, 4) is 11.1 Å². The largest absolute Gasteiger partial charge is 0.361 e. The lowest BCUT2D eigenvalue weighted by Gasteiger charge is -2.32. The van der Waals surface area contributed by atoms with E-state index in [1.165, 1.54) is 55.2 Å². The van der Waals surface area contributed by atoms with Crippen molar-refractivity contribution in [3.63, 3.8) is 0 Å². The van der Waals surface area contributed by atoms with Gasteiger partial charge in [-0.1, -0.05) is 84.9 Å². The molecule has 2 heteroatoms. The SMILES string of the molecule is c1ccc2c(c1)-c1ccccc1C2(c1c[nH]c2ccccc12)c1c[nH]c2ccccc12. The van der Waals surface area contributed by atoms with Gasteiger partial charge in [-0.05, 0) is 45.5 Å². The summed E-state index contributed by atoms with van der Waals surface area (Å²) in [5.74, 6) is 0. The smallest absolute Gasteiger partial charge is 0.0755 e. The van der Waals surface area contributed by atoms with Gasteiger partial charge in [-0.15, -0.1) is 0 Å². The molecule has 0 radical (unpaired) electrons. The second-order valence-electron chi connectivity index (χ2n) is 8.34. The van der Waals surface area contributed by atoms with Crippen molar-refractivity contribution < 1.29 is 0 Å². The van der Waals surface area contributed by atoms with Crippen LogP contribution in [-0.4, -0.2) is 9.97 Å². The minimum absolute atomic E-state index is 0.396. The van der Waals surface area contributed by atoms with Crippen molar-refractivity contribution in [1.29, 1.82) is 0 Å². The van der Waals surface area contributed by atoms with Crippen LogP contribution in [0.15, 0.2) is 109 Å². The number of hydrogen-bond donors (Lipinski definition) is 2. The van der Waals surface area contributed by atoms with Gasteiger partial charge in [-0.25, -0.2) is 0 Å². The minimum Gasteiger partial charge on any atom is -0.361 e. The number of aromatic nitrogens is 2. The van der Waals surface area contributed by atoms with Gasteiger partial charge in [0.05, 0.1) is 5.41 Å². The molecule has 1 aliphatic rings. The molecule has 2 aromatic heterocycles. The normalized spacial score (nSPS) is 14.1.